The number of hydrogen-bond donors (Lipinski definition) is 0. The molecule has 0 aromatic carbocycles. The van der Waals surface area contributed by atoms with Gasteiger partial charge in [-0.15, -0.1) is 0 Å². The van der Waals surface area contributed by atoms with Gasteiger partial charge >= 0.3 is 6.16 Å². The van der Waals surface area contributed by atoms with Crippen LogP contribution in [0.15, 0.2) is 0 Å². The van der Waals surface area contributed by atoms with Crippen LogP contribution in [0.1, 0.15) is 68.2 Å². The van der Waals surface area contributed by atoms with E-state index in [1.807, 2.05) is 0 Å². The van der Waals surface area contributed by atoms with Gasteiger partial charge in [0.25, 0.3) is 0 Å². The number of nitrogens with zero attached hydrogens (tertiary/aromatic N) is 2. The third-order valence-electron chi connectivity index (χ3n) is 4.21. The summed E-state index contributed by atoms with van der Waals surface area (Å²) in [7, 11) is 0. The molecule has 0 rings (SSSR count). The number of hydrogen-bond acceptors (Lipinski definition) is 5. The minimum atomic E-state index is -0.545. The molecule has 144 valence electrons. The Morgan fingerprint density at radius 2 is 0.958 bits per heavy atom. The van der Waals surface area contributed by atoms with Gasteiger partial charge < -0.3 is 9.47 Å². The average molecular weight is 345 g/mol. The maximum absolute atomic E-state index is 11.6. The molecule has 0 bridgehead atoms. The molecule has 0 atom stereocenters. The van der Waals surface area contributed by atoms with E-state index in [0.29, 0.717) is 37.4 Å². The van der Waals surface area contributed by atoms with Crippen molar-refractivity contribution in [2.75, 3.05) is 26.3 Å². The molecule has 5 heteroatoms. The molecule has 0 aliphatic rings. The highest BCUT2D eigenvalue weighted by Crippen LogP contribution is 2.07. The van der Waals surface area contributed by atoms with Crippen LogP contribution in [-0.2, 0) is 9.47 Å². The van der Waals surface area contributed by atoms with E-state index in [2.05, 4.69) is 65.2 Å². The average Bonchev–Trinajstić information content (AvgIpc) is 2.44. The van der Waals surface area contributed by atoms with Crippen LogP contribution in [0.4, 0.5) is 4.79 Å². The number of carbonyl (C=O) groups excluding carboxylic acids is 1. The molecule has 0 saturated carbocycles. The molecule has 0 fully saturated rings. The SMILES string of the molecule is CC(C)N(CCCOC(=O)OCCCN(C(C)C)C(C)C)C(C)C. The Morgan fingerprint density at radius 3 is 1.21 bits per heavy atom. The summed E-state index contributed by atoms with van der Waals surface area (Å²) < 4.78 is 10.3. The quantitative estimate of drug-likeness (QED) is 0.393. The minimum Gasteiger partial charge on any atom is -0.434 e. The van der Waals surface area contributed by atoms with Crippen molar-refractivity contribution >= 4 is 6.16 Å². The third-order valence-corrected chi connectivity index (χ3v) is 4.21. The van der Waals surface area contributed by atoms with Crippen molar-refractivity contribution in [2.24, 2.45) is 0 Å². The second-order valence-electron chi connectivity index (χ2n) is 7.50. The molecule has 0 radical (unpaired) electrons. The lowest BCUT2D eigenvalue weighted by Crippen LogP contribution is -2.38. The monoisotopic (exact) mass is 344 g/mol. The van der Waals surface area contributed by atoms with Crippen LogP contribution in [-0.4, -0.2) is 66.4 Å². The molecule has 0 aliphatic carbocycles. The zero-order valence-electron chi connectivity index (χ0n) is 17.2. The van der Waals surface area contributed by atoms with Crippen molar-refractivity contribution in [3.8, 4) is 0 Å². The topological polar surface area (TPSA) is 42.0 Å². The Morgan fingerprint density at radius 1 is 0.667 bits per heavy atom. The standard InChI is InChI=1S/C19H40N2O3/c1-15(2)20(16(3)4)11-9-13-23-19(22)24-14-10-12-21(17(5)6)18(7)8/h15-18H,9-14H2,1-8H3. The summed E-state index contributed by atoms with van der Waals surface area (Å²) in [4.78, 5) is 16.4. The molecule has 0 heterocycles. The predicted molar refractivity (Wildman–Crippen MR) is 100 cm³/mol. The smallest absolute Gasteiger partial charge is 0.434 e. The van der Waals surface area contributed by atoms with Gasteiger partial charge in [-0.05, 0) is 68.2 Å². The molecule has 0 unspecified atom stereocenters. The highest BCUT2D eigenvalue weighted by molar-refractivity contribution is 5.59. The first kappa shape index (κ1) is 23.2. The molecule has 5 nitrogen and oxygen atoms in total. The second-order valence-corrected chi connectivity index (χ2v) is 7.50. The van der Waals surface area contributed by atoms with Crippen LogP contribution in [0.2, 0.25) is 0 Å². The van der Waals surface area contributed by atoms with E-state index >= 15 is 0 Å². The van der Waals surface area contributed by atoms with Crippen molar-refractivity contribution in [1.29, 1.82) is 0 Å². The maximum Gasteiger partial charge on any atom is 0.508 e. The second kappa shape index (κ2) is 12.5. The van der Waals surface area contributed by atoms with Gasteiger partial charge in [0.05, 0.1) is 13.2 Å². The first-order valence-corrected chi connectivity index (χ1v) is 9.47. The molecular formula is C19H40N2O3. The Kier molecular flexibility index (Phi) is 12.1. The fourth-order valence-electron chi connectivity index (χ4n) is 3.07. The van der Waals surface area contributed by atoms with Gasteiger partial charge in [-0.3, -0.25) is 9.80 Å². The fourth-order valence-corrected chi connectivity index (χ4v) is 3.07. The van der Waals surface area contributed by atoms with E-state index < -0.39 is 6.16 Å². The Balaban J connectivity index is 3.81. The summed E-state index contributed by atoms with van der Waals surface area (Å²) in [5.41, 5.74) is 0. The van der Waals surface area contributed by atoms with Crippen molar-refractivity contribution in [2.45, 2.75) is 92.4 Å². The lowest BCUT2D eigenvalue weighted by atomic mass is 10.2. The maximum atomic E-state index is 11.6. The molecule has 0 N–H and O–H groups in total. The van der Waals surface area contributed by atoms with Crippen LogP contribution in [0.25, 0.3) is 0 Å². The summed E-state index contributed by atoms with van der Waals surface area (Å²) in [6.45, 7) is 20.2. The molecule has 0 spiro atoms. The van der Waals surface area contributed by atoms with Crippen molar-refractivity contribution < 1.29 is 14.3 Å². The van der Waals surface area contributed by atoms with Gasteiger partial charge in [0.1, 0.15) is 0 Å². The van der Waals surface area contributed by atoms with E-state index in [4.69, 9.17) is 9.47 Å². The molecule has 0 aromatic rings. The van der Waals surface area contributed by atoms with Gasteiger partial charge in [-0.2, -0.15) is 0 Å². The molecular weight excluding hydrogens is 304 g/mol. The lowest BCUT2D eigenvalue weighted by Gasteiger charge is -2.30. The van der Waals surface area contributed by atoms with Gasteiger partial charge in [0.15, 0.2) is 0 Å². The highest BCUT2D eigenvalue weighted by Gasteiger charge is 2.14. The van der Waals surface area contributed by atoms with Crippen LogP contribution in [0, 0.1) is 0 Å². The predicted octanol–water partition coefficient (Wildman–Crippen LogP) is 4.16. The van der Waals surface area contributed by atoms with Crippen LogP contribution in [0.5, 0.6) is 0 Å². The summed E-state index contributed by atoms with van der Waals surface area (Å²) >= 11 is 0. The van der Waals surface area contributed by atoms with Crippen molar-refractivity contribution in [1.82, 2.24) is 9.80 Å². The van der Waals surface area contributed by atoms with Crippen LogP contribution in [0.3, 0.4) is 0 Å². The van der Waals surface area contributed by atoms with E-state index in [9.17, 15) is 4.79 Å². The van der Waals surface area contributed by atoms with Gasteiger partial charge in [-0.25, -0.2) is 4.79 Å². The third kappa shape index (κ3) is 10.1. The number of rotatable bonds is 12. The normalized spacial score (nSPS) is 12.2. The summed E-state index contributed by atoms with van der Waals surface area (Å²) in [6, 6.07) is 2.01. The Bertz CT molecular complexity index is 285. The highest BCUT2D eigenvalue weighted by atomic mass is 16.7. The first-order chi connectivity index (χ1) is 11.2. The van der Waals surface area contributed by atoms with E-state index in [1.54, 1.807) is 0 Å². The Hall–Kier alpha value is -0.810. The molecule has 0 aromatic heterocycles. The van der Waals surface area contributed by atoms with Crippen molar-refractivity contribution in [3.05, 3.63) is 0 Å². The summed E-state index contributed by atoms with van der Waals surface area (Å²) in [5, 5.41) is 0. The zero-order chi connectivity index (χ0) is 18.7. The molecule has 24 heavy (non-hydrogen) atoms. The first-order valence-electron chi connectivity index (χ1n) is 9.47. The largest absolute Gasteiger partial charge is 0.508 e. The molecule has 0 saturated heterocycles. The van der Waals surface area contributed by atoms with Gasteiger partial charge in [0, 0.05) is 37.3 Å². The fraction of sp³-hybridized carbons (Fsp3) is 0.947. The lowest BCUT2D eigenvalue weighted by molar-refractivity contribution is 0.0460. The van der Waals surface area contributed by atoms with Crippen molar-refractivity contribution in [3.63, 3.8) is 0 Å². The van der Waals surface area contributed by atoms with E-state index in [1.165, 1.54) is 0 Å². The summed E-state index contributed by atoms with van der Waals surface area (Å²) in [6.07, 6.45) is 1.12. The van der Waals surface area contributed by atoms with Crippen LogP contribution < -0.4 is 0 Å². The van der Waals surface area contributed by atoms with E-state index in [-0.39, 0.29) is 0 Å². The Labute approximate surface area is 149 Å². The van der Waals surface area contributed by atoms with Gasteiger partial charge in [-0.1, -0.05) is 0 Å². The molecule has 0 amide bonds. The van der Waals surface area contributed by atoms with Gasteiger partial charge in [0.2, 0.25) is 0 Å². The zero-order valence-corrected chi connectivity index (χ0v) is 17.2. The van der Waals surface area contributed by atoms with E-state index in [0.717, 1.165) is 25.9 Å². The number of ether oxygens (including phenoxy) is 2. The minimum absolute atomic E-state index is 0.416. The summed E-state index contributed by atoms with van der Waals surface area (Å²) in [5.74, 6) is 0. The number of carbonyl (C=O) groups is 1. The molecule has 0 aliphatic heterocycles. The van der Waals surface area contributed by atoms with Crippen LogP contribution >= 0.6 is 0 Å².